The number of aryl methyl sites for hydroxylation is 1. The number of anilines is 1. The van der Waals surface area contributed by atoms with Crippen molar-refractivity contribution in [3.8, 4) is 0 Å². The lowest BCUT2D eigenvalue weighted by Gasteiger charge is -2.32. The van der Waals surface area contributed by atoms with Crippen LogP contribution in [0.4, 0.5) is 5.69 Å². The highest BCUT2D eigenvalue weighted by atomic mass is 79.9. The summed E-state index contributed by atoms with van der Waals surface area (Å²) < 4.78 is 27.3. The zero-order valence-corrected chi connectivity index (χ0v) is 21.9. The second-order valence-electron chi connectivity index (χ2n) is 7.87. The fourth-order valence-electron chi connectivity index (χ4n) is 3.46. The van der Waals surface area contributed by atoms with Gasteiger partial charge < -0.3 is 10.2 Å². The lowest BCUT2D eigenvalue weighted by molar-refractivity contribution is -0.139. The van der Waals surface area contributed by atoms with Crippen LogP contribution in [0.5, 0.6) is 0 Å². The Labute approximate surface area is 205 Å². The van der Waals surface area contributed by atoms with Gasteiger partial charge in [0.1, 0.15) is 12.6 Å². The number of amides is 2. The Morgan fingerprint density at radius 3 is 2.39 bits per heavy atom. The van der Waals surface area contributed by atoms with E-state index < -0.39 is 28.5 Å². The minimum atomic E-state index is -3.74. The van der Waals surface area contributed by atoms with E-state index in [4.69, 9.17) is 0 Å². The average molecular weight is 539 g/mol. The summed E-state index contributed by atoms with van der Waals surface area (Å²) in [6.45, 7) is 5.82. The van der Waals surface area contributed by atoms with Crippen molar-refractivity contribution in [1.82, 2.24) is 10.2 Å². The molecule has 0 bridgehead atoms. The maximum atomic E-state index is 13.5. The molecule has 1 atom stereocenters. The Bertz CT molecular complexity index is 1070. The van der Waals surface area contributed by atoms with Crippen LogP contribution in [0.15, 0.2) is 53.0 Å². The van der Waals surface area contributed by atoms with Crippen LogP contribution in [-0.4, -0.2) is 50.5 Å². The highest BCUT2D eigenvalue weighted by Crippen LogP contribution is 2.24. The monoisotopic (exact) mass is 537 g/mol. The summed E-state index contributed by atoms with van der Waals surface area (Å²) in [5.41, 5.74) is 2.12. The number of hydrogen-bond acceptors (Lipinski definition) is 4. The number of sulfonamides is 1. The molecule has 9 heteroatoms. The van der Waals surface area contributed by atoms with E-state index in [1.807, 2.05) is 50.2 Å². The molecule has 0 fully saturated rings. The highest BCUT2D eigenvalue weighted by molar-refractivity contribution is 9.10. The standard InChI is InChI=1S/C24H32BrN3O4S/c1-5-14-26-24(30)18(3)27(16-19-10-9-12-21(25)15-19)23(29)17-28(33(4,31)32)22-13-8-7-11-20(22)6-2/h7-13,15,18H,5-6,14,16-17H2,1-4H3,(H,26,30)/t18-/m1/s1. The van der Waals surface area contributed by atoms with Crippen molar-refractivity contribution >= 4 is 43.5 Å². The second-order valence-corrected chi connectivity index (χ2v) is 10.7. The van der Waals surface area contributed by atoms with E-state index in [-0.39, 0.29) is 12.5 Å². The molecule has 0 aliphatic carbocycles. The van der Waals surface area contributed by atoms with E-state index in [1.54, 1.807) is 19.1 Å². The fourth-order valence-corrected chi connectivity index (χ4v) is 4.79. The number of nitrogens with zero attached hydrogens (tertiary/aromatic N) is 2. The van der Waals surface area contributed by atoms with Crippen molar-refractivity contribution in [2.75, 3.05) is 23.7 Å². The van der Waals surface area contributed by atoms with Gasteiger partial charge in [0.25, 0.3) is 0 Å². The molecule has 0 saturated carbocycles. The first-order valence-corrected chi connectivity index (χ1v) is 13.6. The third-order valence-electron chi connectivity index (χ3n) is 5.28. The van der Waals surface area contributed by atoms with Crippen molar-refractivity contribution in [2.24, 2.45) is 0 Å². The molecule has 7 nitrogen and oxygen atoms in total. The molecular formula is C24H32BrN3O4S. The van der Waals surface area contributed by atoms with Crippen molar-refractivity contribution in [1.29, 1.82) is 0 Å². The molecule has 180 valence electrons. The Morgan fingerprint density at radius 2 is 1.79 bits per heavy atom. The van der Waals surface area contributed by atoms with Crippen LogP contribution in [0.25, 0.3) is 0 Å². The molecular weight excluding hydrogens is 506 g/mol. The molecule has 0 aromatic heterocycles. The number of carbonyl (C=O) groups excluding carboxylic acids is 2. The van der Waals surface area contributed by atoms with Gasteiger partial charge in [0.05, 0.1) is 11.9 Å². The third-order valence-corrected chi connectivity index (χ3v) is 6.90. The maximum absolute atomic E-state index is 13.5. The molecule has 2 aromatic carbocycles. The Hall–Kier alpha value is -2.39. The lowest BCUT2D eigenvalue weighted by Crippen LogP contribution is -2.51. The van der Waals surface area contributed by atoms with E-state index in [0.29, 0.717) is 18.7 Å². The SMILES string of the molecule is CCCNC(=O)[C@@H](C)N(Cc1cccc(Br)c1)C(=O)CN(c1ccccc1CC)S(C)(=O)=O. The summed E-state index contributed by atoms with van der Waals surface area (Å²) in [7, 11) is -3.74. The number of benzene rings is 2. The van der Waals surface area contributed by atoms with Gasteiger partial charge in [-0.05, 0) is 49.1 Å². The molecule has 0 aliphatic rings. The van der Waals surface area contributed by atoms with Gasteiger partial charge in [0.2, 0.25) is 21.8 Å². The topological polar surface area (TPSA) is 86.8 Å². The molecule has 0 unspecified atom stereocenters. The van der Waals surface area contributed by atoms with Gasteiger partial charge in [0.15, 0.2) is 0 Å². The lowest BCUT2D eigenvalue weighted by atomic mass is 10.1. The normalized spacial score (nSPS) is 12.2. The van der Waals surface area contributed by atoms with Gasteiger partial charge in [0, 0.05) is 17.6 Å². The van der Waals surface area contributed by atoms with Crippen LogP contribution in [0.3, 0.4) is 0 Å². The third kappa shape index (κ3) is 7.57. The predicted molar refractivity (Wildman–Crippen MR) is 135 cm³/mol. The van der Waals surface area contributed by atoms with Crippen molar-refractivity contribution < 1.29 is 18.0 Å². The van der Waals surface area contributed by atoms with Crippen LogP contribution in [0, 0.1) is 0 Å². The molecule has 2 amide bonds. The summed E-state index contributed by atoms with van der Waals surface area (Å²) in [6, 6.07) is 13.8. The smallest absolute Gasteiger partial charge is 0.244 e. The predicted octanol–water partition coefficient (Wildman–Crippen LogP) is 3.72. The van der Waals surface area contributed by atoms with Gasteiger partial charge >= 0.3 is 0 Å². The van der Waals surface area contributed by atoms with E-state index in [2.05, 4.69) is 21.2 Å². The maximum Gasteiger partial charge on any atom is 0.244 e. The first-order chi connectivity index (χ1) is 15.6. The van der Waals surface area contributed by atoms with Crippen molar-refractivity contribution in [3.63, 3.8) is 0 Å². The number of para-hydroxylation sites is 1. The summed E-state index contributed by atoms with van der Waals surface area (Å²) in [5, 5.41) is 2.82. The molecule has 2 aromatic rings. The first kappa shape index (κ1) is 26.9. The molecule has 0 aliphatic heterocycles. The quantitative estimate of drug-likeness (QED) is 0.473. The number of rotatable bonds is 11. The Morgan fingerprint density at radius 1 is 1.09 bits per heavy atom. The molecule has 0 heterocycles. The van der Waals surface area contributed by atoms with Crippen LogP contribution >= 0.6 is 15.9 Å². The second kappa shape index (κ2) is 12.2. The van der Waals surface area contributed by atoms with Crippen molar-refractivity contribution in [2.45, 2.75) is 46.2 Å². The van der Waals surface area contributed by atoms with E-state index in [0.717, 1.165) is 32.6 Å². The van der Waals surface area contributed by atoms with E-state index in [1.165, 1.54) is 4.90 Å². The first-order valence-electron chi connectivity index (χ1n) is 11.0. The van der Waals surface area contributed by atoms with Crippen LogP contribution < -0.4 is 9.62 Å². The van der Waals surface area contributed by atoms with Gasteiger partial charge in [-0.25, -0.2) is 8.42 Å². The Balaban J connectivity index is 2.41. The van der Waals surface area contributed by atoms with Gasteiger partial charge in [-0.3, -0.25) is 13.9 Å². The summed E-state index contributed by atoms with van der Waals surface area (Å²) >= 11 is 3.43. The van der Waals surface area contributed by atoms with E-state index >= 15 is 0 Å². The summed E-state index contributed by atoms with van der Waals surface area (Å²) in [5.74, 6) is -0.731. The van der Waals surface area contributed by atoms with Crippen LogP contribution in [-0.2, 0) is 32.6 Å². The molecule has 1 N–H and O–H groups in total. The molecule has 0 radical (unpaired) electrons. The van der Waals surface area contributed by atoms with Gasteiger partial charge in [-0.2, -0.15) is 0 Å². The van der Waals surface area contributed by atoms with E-state index in [9.17, 15) is 18.0 Å². The van der Waals surface area contributed by atoms with Crippen LogP contribution in [0.1, 0.15) is 38.3 Å². The largest absolute Gasteiger partial charge is 0.354 e. The zero-order valence-electron chi connectivity index (χ0n) is 19.5. The molecule has 2 rings (SSSR count). The number of nitrogens with one attached hydrogen (secondary N) is 1. The van der Waals surface area contributed by atoms with Crippen LogP contribution in [0.2, 0.25) is 0 Å². The number of carbonyl (C=O) groups is 2. The highest BCUT2D eigenvalue weighted by Gasteiger charge is 2.30. The Kier molecular flexibility index (Phi) is 9.91. The molecule has 0 saturated heterocycles. The minimum absolute atomic E-state index is 0.173. The number of hydrogen-bond donors (Lipinski definition) is 1. The molecule has 33 heavy (non-hydrogen) atoms. The number of halogens is 1. The fraction of sp³-hybridized carbons (Fsp3) is 0.417. The minimum Gasteiger partial charge on any atom is -0.354 e. The summed E-state index contributed by atoms with van der Waals surface area (Å²) in [6.07, 6.45) is 2.48. The molecule has 0 spiro atoms. The van der Waals surface area contributed by atoms with Gasteiger partial charge in [-0.15, -0.1) is 0 Å². The average Bonchev–Trinajstić information content (AvgIpc) is 2.78. The van der Waals surface area contributed by atoms with Gasteiger partial charge in [-0.1, -0.05) is 60.1 Å². The summed E-state index contributed by atoms with van der Waals surface area (Å²) in [4.78, 5) is 27.7. The van der Waals surface area contributed by atoms with Crippen molar-refractivity contribution in [3.05, 3.63) is 64.1 Å². The zero-order chi connectivity index (χ0) is 24.6.